The zero-order valence-corrected chi connectivity index (χ0v) is 16.2. The van der Waals surface area contributed by atoms with Gasteiger partial charge < -0.3 is 15.1 Å². The summed E-state index contributed by atoms with van der Waals surface area (Å²) in [5.41, 5.74) is 2.63. The van der Waals surface area contributed by atoms with Gasteiger partial charge in [-0.1, -0.05) is 42.5 Å². The molecular weight excluding hydrogens is 332 g/mol. The molecule has 3 aromatic rings. The van der Waals surface area contributed by atoms with Crippen molar-refractivity contribution in [1.82, 2.24) is 15.2 Å². The molecule has 2 heterocycles. The van der Waals surface area contributed by atoms with E-state index < -0.39 is 0 Å². The summed E-state index contributed by atoms with van der Waals surface area (Å²) in [7, 11) is 2.18. The maximum absolute atomic E-state index is 4.59. The quantitative estimate of drug-likeness (QED) is 0.749. The van der Waals surface area contributed by atoms with Gasteiger partial charge in [-0.05, 0) is 48.0 Å². The third-order valence-corrected chi connectivity index (χ3v) is 5.54. The number of pyridine rings is 1. The highest BCUT2D eigenvalue weighted by Gasteiger charge is 2.15. The van der Waals surface area contributed by atoms with E-state index in [0.717, 1.165) is 38.5 Å². The Morgan fingerprint density at radius 1 is 1.00 bits per heavy atom. The summed E-state index contributed by atoms with van der Waals surface area (Å²) in [5.74, 6) is 1.10. The molecule has 27 heavy (non-hydrogen) atoms. The van der Waals surface area contributed by atoms with E-state index in [1.165, 1.54) is 21.9 Å². The van der Waals surface area contributed by atoms with E-state index in [1.807, 2.05) is 6.20 Å². The Morgan fingerprint density at radius 2 is 1.78 bits per heavy atom. The van der Waals surface area contributed by atoms with E-state index in [4.69, 9.17) is 0 Å². The zero-order valence-electron chi connectivity index (χ0n) is 16.2. The molecule has 1 N–H and O–H groups in total. The lowest BCUT2D eigenvalue weighted by Gasteiger charge is -2.33. The van der Waals surface area contributed by atoms with Crippen LogP contribution in [-0.4, -0.2) is 43.1 Å². The minimum absolute atomic E-state index is 0.288. The number of rotatable bonds is 5. The third-order valence-electron chi connectivity index (χ3n) is 5.54. The van der Waals surface area contributed by atoms with E-state index in [0.29, 0.717) is 0 Å². The van der Waals surface area contributed by atoms with Gasteiger partial charge in [-0.3, -0.25) is 0 Å². The fourth-order valence-corrected chi connectivity index (χ4v) is 3.79. The number of benzene rings is 2. The number of nitrogens with one attached hydrogen (secondary N) is 1. The van der Waals surface area contributed by atoms with Crippen LogP contribution in [0, 0.1) is 0 Å². The standard InChI is InChI=1S/C23H28N4/c1-18(21-9-5-7-20-6-3-4-8-22(20)21)25-17-19-10-11-24-23(16-19)27-14-12-26(2)13-15-27/h3-11,16,18,25H,12-15,17H2,1-2H3/t18-/m0/s1. The molecule has 1 aromatic heterocycles. The Morgan fingerprint density at radius 3 is 2.63 bits per heavy atom. The van der Waals surface area contributed by atoms with Crippen molar-refractivity contribution in [2.24, 2.45) is 0 Å². The molecule has 4 heteroatoms. The van der Waals surface area contributed by atoms with E-state index in [2.05, 4.69) is 88.7 Å². The van der Waals surface area contributed by atoms with Crippen LogP contribution in [0.4, 0.5) is 5.82 Å². The second-order valence-corrected chi connectivity index (χ2v) is 7.48. The van der Waals surface area contributed by atoms with Gasteiger partial charge in [0.25, 0.3) is 0 Å². The minimum Gasteiger partial charge on any atom is -0.354 e. The van der Waals surface area contributed by atoms with E-state index in [1.54, 1.807) is 0 Å². The average Bonchev–Trinajstić information content (AvgIpc) is 2.72. The fraction of sp³-hybridized carbons (Fsp3) is 0.348. The van der Waals surface area contributed by atoms with Crippen LogP contribution in [0.1, 0.15) is 24.1 Å². The predicted molar refractivity (Wildman–Crippen MR) is 113 cm³/mol. The highest BCUT2D eigenvalue weighted by molar-refractivity contribution is 5.86. The number of hydrogen-bond acceptors (Lipinski definition) is 4. The molecule has 2 aromatic carbocycles. The second kappa shape index (κ2) is 8.07. The first kappa shape index (κ1) is 18.0. The van der Waals surface area contributed by atoms with Gasteiger partial charge in [0, 0.05) is 45.0 Å². The lowest BCUT2D eigenvalue weighted by Crippen LogP contribution is -2.44. The van der Waals surface area contributed by atoms with Crippen LogP contribution in [-0.2, 0) is 6.54 Å². The second-order valence-electron chi connectivity index (χ2n) is 7.48. The van der Waals surface area contributed by atoms with Crippen LogP contribution in [0.2, 0.25) is 0 Å². The first-order valence-corrected chi connectivity index (χ1v) is 9.80. The number of likely N-dealkylation sites (N-methyl/N-ethyl adjacent to an activating group) is 1. The van der Waals surface area contributed by atoms with Crippen LogP contribution in [0.15, 0.2) is 60.8 Å². The number of aromatic nitrogens is 1. The molecule has 0 aliphatic carbocycles. The number of anilines is 1. The van der Waals surface area contributed by atoms with Gasteiger partial charge in [0.15, 0.2) is 0 Å². The molecule has 1 saturated heterocycles. The Balaban J connectivity index is 1.44. The molecule has 0 amide bonds. The monoisotopic (exact) mass is 360 g/mol. The Kier molecular flexibility index (Phi) is 5.37. The zero-order chi connectivity index (χ0) is 18.6. The van der Waals surface area contributed by atoms with Gasteiger partial charge in [0.2, 0.25) is 0 Å². The first-order valence-electron chi connectivity index (χ1n) is 9.80. The molecule has 0 saturated carbocycles. The molecule has 4 rings (SSSR count). The number of nitrogens with zero attached hydrogens (tertiary/aromatic N) is 3. The van der Waals surface area contributed by atoms with E-state index in [-0.39, 0.29) is 6.04 Å². The summed E-state index contributed by atoms with van der Waals surface area (Å²) < 4.78 is 0. The van der Waals surface area contributed by atoms with E-state index >= 15 is 0 Å². The van der Waals surface area contributed by atoms with Crippen LogP contribution < -0.4 is 10.2 Å². The van der Waals surface area contributed by atoms with Crippen molar-refractivity contribution in [3.05, 3.63) is 71.9 Å². The van der Waals surface area contributed by atoms with Gasteiger partial charge in [-0.2, -0.15) is 0 Å². The molecule has 0 spiro atoms. The van der Waals surface area contributed by atoms with Gasteiger partial charge >= 0.3 is 0 Å². The highest BCUT2D eigenvalue weighted by Crippen LogP contribution is 2.24. The van der Waals surface area contributed by atoms with E-state index in [9.17, 15) is 0 Å². The summed E-state index contributed by atoms with van der Waals surface area (Å²) >= 11 is 0. The smallest absolute Gasteiger partial charge is 0.128 e. The molecule has 1 fully saturated rings. The van der Waals surface area contributed by atoms with Gasteiger partial charge in [-0.25, -0.2) is 4.98 Å². The lowest BCUT2D eigenvalue weighted by atomic mass is 9.99. The van der Waals surface area contributed by atoms with Crippen LogP contribution in [0.5, 0.6) is 0 Å². The predicted octanol–water partition coefficient (Wildman–Crippen LogP) is 3.84. The molecule has 0 radical (unpaired) electrons. The van der Waals surface area contributed by atoms with Crippen LogP contribution >= 0.6 is 0 Å². The highest BCUT2D eigenvalue weighted by atomic mass is 15.3. The number of piperazine rings is 1. The number of hydrogen-bond donors (Lipinski definition) is 1. The van der Waals surface area contributed by atoms with Crippen molar-refractivity contribution < 1.29 is 0 Å². The first-order chi connectivity index (χ1) is 13.2. The summed E-state index contributed by atoms with van der Waals surface area (Å²) in [4.78, 5) is 9.35. The SMILES string of the molecule is C[C@H](NCc1ccnc(N2CCN(C)CC2)c1)c1cccc2ccccc12. The van der Waals surface area contributed by atoms with Crippen molar-refractivity contribution in [2.45, 2.75) is 19.5 Å². The molecular formula is C23H28N4. The van der Waals surface area contributed by atoms with Gasteiger partial charge in [0.05, 0.1) is 0 Å². The van der Waals surface area contributed by atoms with Crippen molar-refractivity contribution >= 4 is 16.6 Å². The summed E-state index contributed by atoms with van der Waals surface area (Å²) in [6, 6.07) is 19.8. The van der Waals surface area contributed by atoms with Crippen molar-refractivity contribution in [1.29, 1.82) is 0 Å². The molecule has 4 nitrogen and oxygen atoms in total. The molecule has 1 aliphatic heterocycles. The maximum Gasteiger partial charge on any atom is 0.128 e. The van der Waals surface area contributed by atoms with Crippen LogP contribution in [0.3, 0.4) is 0 Å². The minimum atomic E-state index is 0.288. The Labute approximate surface area is 161 Å². The Hall–Kier alpha value is -2.43. The summed E-state index contributed by atoms with van der Waals surface area (Å²) in [6.45, 7) is 7.38. The average molecular weight is 361 g/mol. The van der Waals surface area contributed by atoms with Crippen molar-refractivity contribution in [2.75, 3.05) is 38.1 Å². The molecule has 140 valence electrons. The summed E-state index contributed by atoms with van der Waals surface area (Å²) in [5, 5.41) is 6.31. The largest absolute Gasteiger partial charge is 0.354 e. The molecule has 0 bridgehead atoms. The maximum atomic E-state index is 4.59. The number of fused-ring (bicyclic) bond motifs is 1. The Bertz CT molecular complexity index is 894. The summed E-state index contributed by atoms with van der Waals surface area (Å²) in [6.07, 6.45) is 1.94. The topological polar surface area (TPSA) is 31.4 Å². The third kappa shape index (κ3) is 4.12. The molecule has 1 atom stereocenters. The van der Waals surface area contributed by atoms with Crippen molar-refractivity contribution in [3.63, 3.8) is 0 Å². The van der Waals surface area contributed by atoms with Crippen LogP contribution in [0.25, 0.3) is 10.8 Å². The molecule has 0 unspecified atom stereocenters. The van der Waals surface area contributed by atoms with Gasteiger partial charge in [0.1, 0.15) is 5.82 Å². The normalized spacial score (nSPS) is 16.6. The van der Waals surface area contributed by atoms with Gasteiger partial charge in [-0.15, -0.1) is 0 Å². The van der Waals surface area contributed by atoms with Crippen molar-refractivity contribution in [3.8, 4) is 0 Å². The molecule has 1 aliphatic rings. The fourth-order valence-electron chi connectivity index (χ4n) is 3.79. The lowest BCUT2D eigenvalue weighted by molar-refractivity contribution is 0.312.